The molecule has 0 aliphatic carbocycles. The molecular weight excluding hydrogens is 180 g/mol. The maximum absolute atomic E-state index is 10.8. The van der Waals surface area contributed by atoms with Crippen molar-refractivity contribution in [2.75, 3.05) is 13.7 Å². The quantitative estimate of drug-likeness (QED) is 0.465. The van der Waals surface area contributed by atoms with Gasteiger partial charge < -0.3 is 14.7 Å². The van der Waals surface area contributed by atoms with Gasteiger partial charge in [-0.1, -0.05) is 0 Å². The first kappa shape index (κ1) is 11.7. The molecule has 0 spiro atoms. The van der Waals surface area contributed by atoms with E-state index in [0.29, 0.717) is 6.54 Å². The molecule has 0 aliphatic rings. The zero-order valence-electron chi connectivity index (χ0n) is 7.24. The maximum atomic E-state index is 10.8. The summed E-state index contributed by atoms with van der Waals surface area (Å²) < 4.78 is 15.1. The van der Waals surface area contributed by atoms with E-state index in [1.807, 2.05) is 0 Å². The molecule has 5 nitrogen and oxygen atoms in total. The molecule has 12 heavy (non-hydrogen) atoms. The fraction of sp³-hybridized carbons (Fsp3) is 0.800. The Morgan fingerprint density at radius 1 is 1.75 bits per heavy atom. The molecule has 0 rings (SSSR count). The van der Waals surface area contributed by atoms with E-state index in [1.165, 1.54) is 0 Å². The van der Waals surface area contributed by atoms with Gasteiger partial charge in [0.15, 0.2) is 0 Å². The zero-order chi connectivity index (χ0) is 9.61. The highest BCUT2D eigenvalue weighted by Crippen LogP contribution is 2.38. The first-order valence-electron chi connectivity index (χ1n) is 3.66. The van der Waals surface area contributed by atoms with Crippen LogP contribution >= 0.6 is 7.47 Å². The molecular formula is C5H13BNO4P. The molecule has 1 amide bonds. The molecule has 0 aromatic rings. The summed E-state index contributed by atoms with van der Waals surface area (Å²) >= 11 is 0. The van der Waals surface area contributed by atoms with E-state index in [-0.39, 0.29) is 19.2 Å². The highest BCUT2D eigenvalue weighted by molar-refractivity contribution is 7.82. The molecule has 0 aromatic carbocycles. The number of carbonyl (C=O) groups excluding carboxylic acids is 1. The van der Waals surface area contributed by atoms with Gasteiger partial charge >= 0.3 is 0 Å². The van der Waals surface area contributed by atoms with Crippen LogP contribution in [-0.4, -0.2) is 31.5 Å². The molecule has 0 radical (unpaired) electrons. The normalized spacial score (nSPS) is 14.9. The third-order valence-corrected chi connectivity index (χ3v) is 2.64. The lowest BCUT2D eigenvalue weighted by molar-refractivity contribution is -0.118. The zero-order valence-corrected chi connectivity index (χ0v) is 8.13. The van der Waals surface area contributed by atoms with Gasteiger partial charge in [0.2, 0.25) is 5.91 Å². The van der Waals surface area contributed by atoms with E-state index in [0.717, 1.165) is 7.11 Å². The van der Waals surface area contributed by atoms with Crippen LogP contribution in [0.25, 0.3) is 0 Å². The van der Waals surface area contributed by atoms with E-state index in [1.54, 1.807) is 6.92 Å². The van der Waals surface area contributed by atoms with Crippen LogP contribution in [0.1, 0.15) is 6.92 Å². The van der Waals surface area contributed by atoms with Gasteiger partial charge in [-0.3, -0.25) is 9.36 Å². The largest absolute Gasteiger partial charge is 0.357 e. The molecule has 0 saturated heterocycles. The van der Waals surface area contributed by atoms with Crippen molar-refractivity contribution in [2.24, 2.45) is 0 Å². The van der Waals surface area contributed by atoms with Gasteiger partial charge in [0.1, 0.15) is 0 Å². The van der Waals surface area contributed by atoms with Gasteiger partial charge in [0, 0.05) is 20.0 Å². The summed E-state index contributed by atoms with van der Waals surface area (Å²) in [6, 6.07) is 0. The van der Waals surface area contributed by atoms with E-state index < -0.39 is 7.47 Å². The summed E-state index contributed by atoms with van der Waals surface area (Å²) in [5.74, 6) is -0.233. The summed E-state index contributed by atoms with van der Waals surface area (Å²) in [5, 5.41) is 2.52. The third-order valence-electron chi connectivity index (χ3n) is 1.28. The molecule has 0 heterocycles. The number of nitrogens with one attached hydrogen (secondary N) is 1. The summed E-state index contributed by atoms with van der Waals surface area (Å²) in [6.07, 6.45) is 0.0233. The lowest BCUT2D eigenvalue weighted by Gasteiger charge is -2.06. The van der Waals surface area contributed by atoms with Crippen molar-refractivity contribution in [3.8, 4) is 0 Å². The van der Waals surface area contributed by atoms with Gasteiger partial charge in [-0.25, -0.2) is 0 Å². The Labute approximate surface area is 72.2 Å². The summed E-state index contributed by atoms with van der Waals surface area (Å²) in [4.78, 5) is 19.7. The van der Waals surface area contributed by atoms with E-state index >= 15 is 0 Å². The molecule has 0 bridgehead atoms. The second-order valence-corrected chi connectivity index (χ2v) is 4.33. The molecule has 0 aliphatic heterocycles. The molecule has 0 aromatic heterocycles. The molecule has 1 unspecified atom stereocenters. The molecule has 1 atom stereocenters. The van der Waals surface area contributed by atoms with Crippen LogP contribution in [0.2, 0.25) is 6.32 Å². The van der Waals surface area contributed by atoms with Crippen LogP contribution in [-0.2, 0) is 13.9 Å². The lowest BCUT2D eigenvalue weighted by atomic mass is 10.0. The van der Waals surface area contributed by atoms with Gasteiger partial charge in [-0.2, -0.15) is 0 Å². The summed E-state index contributed by atoms with van der Waals surface area (Å²) in [5.41, 5.74) is 0. The average molecular weight is 193 g/mol. The standard InChI is InChI=1S/C5H13BNO4P/c1-3-7-5(8)4-6-12(9,10)11-2/h6H,3-4H2,1-2H3,(H,7,8)(H,9,10). The van der Waals surface area contributed by atoms with Crippen molar-refractivity contribution < 1.29 is 18.8 Å². The lowest BCUT2D eigenvalue weighted by Crippen LogP contribution is -2.23. The predicted molar refractivity (Wildman–Crippen MR) is 47.5 cm³/mol. The van der Waals surface area contributed by atoms with Crippen molar-refractivity contribution in [1.82, 2.24) is 5.32 Å². The highest BCUT2D eigenvalue weighted by Gasteiger charge is 2.20. The highest BCUT2D eigenvalue weighted by atomic mass is 31.2. The minimum absolute atomic E-state index is 0.0233. The number of hydrogen-bond donors (Lipinski definition) is 2. The first-order chi connectivity index (χ1) is 5.52. The first-order valence-corrected chi connectivity index (χ1v) is 5.42. The van der Waals surface area contributed by atoms with Crippen LogP contribution in [0.4, 0.5) is 0 Å². The van der Waals surface area contributed by atoms with Crippen LogP contribution in [0, 0.1) is 0 Å². The minimum Gasteiger partial charge on any atom is -0.357 e. The maximum Gasteiger partial charge on any atom is 0.279 e. The smallest absolute Gasteiger partial charge is 0.279 e. The van der Waals surface area contributed by atoms with Crippen LogP contribution in [0.3, 0.4) is 0 Å². The topological polar surface area (TPSA) is 75.6 Å². The van der Waals surface area contributed by atoms with Crippen LogP contribution in [0.5, 0.6) is 0 Å². The van der Waals surface area contributed by atoms with Crippen molar-refractivity contribution in [2.45, 2.75) is 13.2 Å². The molecule has 0 fully saturated rings. The van der Waals surface area contributed by atoms with Crippen molar-refractivity contribution in [3.63, 3.8) is 0 Å². The Morgan fingerprint density at radius 2 is 2.33 bits per heavy atom. The molecule has 7 heteroatoms. The minimum atomic E-state index is -3.51. The van der Waals surface area contributed by atoms with Crippen molar-refractivity contribution in [3.05, 3.63) is 0 Å². The monoisotopic (exact) mass is 193 g/mol. The average Bonchev–Trinajstić information content (AvgIpc) is 2.02. The van der Waals surface area contributed by atoms with Gasteiger partial charge in [-0.15, -0.1) is 0 Å². The summed E-state index contributed by atoms with van der Waals surface area (Å²) in [6.45, 7) is 2.18. The van der Waals surface area contributed by atoms with E-state index in [4.69, 9.17) is 4.89 Å². The van der Waals surface area contributed by atoms with Gasteiger partial charge in [0.25, 0.3) is 14.5 Å². The van der Waals surface area contributed by atoms with Gasteiger partial charge in [-0.05, 0) is 6.92 Å². The Kier molecular flexibility index (Phi) is 5.21. The number of hydrogen-bond acceptors (Lipinski definition) is 3. The Morgan fingerprint density at radius 3 is 2.75 bits per heavy atom. The second kappa shape index (κ2) is 5.35. The Bertz CT molecular complexity index is 198. The SMILES string of the molecule is CCNC(=O)CBP(=O)(O)OC. The fourth-order valence-electron chi connectivity index (χ4n) is 0.620. The third kappa shape index (κ3) is 5.35. The molecule has 0 saturated carbocycles. The van der Waals surface area contributed by atoms with Crippen molar-refractivity contribution >= 4 is 20.4 Å². The Balaban J connectivity index is 3.68. The van der Waals surface area contributed by atoms with E-state index in [2.05, 4.69) is 9.84 Å². The molecule has 70 valence electrons. The Hall–Kier alpha value is -0.315. The van der Waals surface area contributed by atoms with E-state index in [9.17, 15) is 9.36 Å². The number of carbonyl (C=O) groups is 1. The number of rotatable bonds is 5. The van der Waals surface area contributed by atoms with Crippen LogP contribution in [0.15, 0.2) is 0 Å². The van der Waals surface area contributed by atoms with Gasteiger partial charge in [0.05, 0.1) is 0 Å². The molecule has 2 N–H and O–H groups in total. The number of amides is 1. The van der Waals surface area contributed by atoms with Crippen molar-refractivity contribution in [1.29, 1.82) is 0 Å². The summed E-state index contributed by atoms with van der Waals surface area (Å²) in [7, 11) is -2.36. The van der Waals surface area contributed by atoms with Crippen LogP contribution < -0.4 is 5.32 Å². The fourth-order valence-corrected chi connectivity index (χ4v) is 1.29. The predicted octanol–water partition coefficient (Wildman–Crippen LogP) is -0.276. The second-order valence-electron chi connectivity index (χ2n) is 2.25.